The van der Waals surface area contributed by atoms with Crippen molar-refractivity contribution in [3.63, 3.8) is 0 Å². The van der Waals surface area contributed by atoms with Gasteiger partial charge in [0, 0.05) is 18.7 Å². The molecule has 1 heterocycles. The van der Waals surface area contributed by atoms with Crippen LogP contribution in [-0.2, 0) is 21.2 Å². The molecule has 3 N–H and O–H groups in total. The van der Waals surface area contributed by atoms with Crippen LogP contribution in [0.25, 0.3) is 0 Å². The third kappa shape index (κ3) is 3.49. The number of carbonyl (C=O) groups excluding carboxylic acids is 1. The SMILES string of the molecule is NS(=O)(=O)C1CCCN(C(=O)Cc2ccccc2O)C1. The molecule has 1 aliphatic heterocycles. The zero-order chi connectivity index (χ0) is 14.8. The molecule has 0 radical (unpaired) electrons. The van der Waals surface area contributed by atoms with Gasteiger partial charge in [-0.1, -0.05) is 18.2 Å². The molecule has 1 saturated heterocycles. The van der Waals surface area contributed by atoms with E-state index in [0.29, 0.717) is 24.9 Å². The molecule has 1 amide bonds. The molecule has 0 aliphatic carbocycles. The van der Waals surface area contributed by atoms with Crippen LogP contribution in [0.2, 0.25) is 0 Å². The van der Waals surface area contributed by atoms with Crippen molar-refractivity contribution in [2.24, 2.45) is 5.14 Å². The summed E-state index contributed by atoms with van der Waals surface area (Å²) in [6.07, 6.45) is 1.16. The van der Waals surface area contributed by atoms with E-state index in [1.807, 2.05) is 0 Å². The molecule has 1 atom stereocenters. The minimum atomic E-state index is -3.62. The predicted molar refractivity (Wildman–Crippen MR) is 74.5 cm³/mol. The minimum absolute atomic E-state index is 0.0595. The van der Waals surface area contributed by atoms with E-state index in [1.54, 1.807) is 18.2 Å². The highest BCUT2D eigenvalue weighted by atomic mass is 32.2. The first kappa shape index (κ1) is 14.8. The van der Waals surface area contributed by atoms with Gasteiger partial charge in [-0.3, -0.25) is 4.79 Å². The van der Waals surface area contributed by atoms with E-state index in [9.17, 15) is 18.3 Å². The van der Waals surface area contributed by atoms with Gasteiger partial charge in [0.2, 0.25) is 15.9 Å². The number of nitrogens with zero attached hydrogens (tertiary/aromatic N) is 1. The van der Waals surface area contributed by atoms with Crippen molar-refractivity contribution in [3.05, 3.63) is 29.8 Å². The summed E-state index contributed by atoms with van der Waals surface area (Å²) < 4.78 is 22.7. The number of hydrogen-bond acceptors (Lipinski definition) is 4. The van der Waals surface area contributed by atoms with Gasteiger partial charge >= 0.3 is 0 Å². The van der Waals surface area contributed by atoms with Gasteiger partial charge in [-0.15, -0.1) is 0 Å². The van der Waals surface area contributed by atoms with Crippen LogP contribution in [0.5, 0.6) is 5.75 Å². The van der Waals surface area contributed by atoms with Gasteiger partial charge in [0.1, 0.15) is 5.75 Å². The fourth-order valence-corrected chi connectivity index (χ4v) is 3.25. The molecule has 2 rings (SSSR count). The Balaban J connectivity index is 2.04. The summed E-state index contributed by atoms with van der Waals surface area (Å²) in [7, 11) is -3.62. The van der Waals surface area contributed by atoms with Crippen LogP contribution < -0.4 is 5.14 Å². The molecule has 1 fully saturated rings. The summed E-state index contributed by atoms with van der Waals surface area (Å²) in [6, 6.07) is 6.62. The van der Waals surface area contributed by atoms with Crippen LogP contribution in [0.4, 0.5) is 0 Å². The van der Waals surface area contributed by atoms with Gasteiger partial charge in [0.15, 0.2) is 0 Å². The van der Waals surface area contributed by atoms with Crippen molar-refractivity contribution >= 4 is 15.9 Å². The molecule has 1 aromatic carbocycles. The molecule has 0 aromatic heterocycles. The van der Waals surface area contributed by atoms with Crippen molar-refractivity contribution in [1.82, 2.24) is 4.90 Å². The molecule has 0 bridgehead atoms. The third-order valence-electron chi connectivity index (χ3n) is 3.53. The molecule has 0 spiro atoms. The Bertz CT molecular complexity index is 600. The van der Waals surface area contributed by atoms with Crippen molar-refractivity contribution in [3.8, 4) is 5.75 Å². The first-order chi connectivity index (χ1) is 9.38. The molecule has 7 heteroatoms. The predicted octanol–water partition coefficient (Wildman–Crippen LogP) is 0.214. The number of amides is 1. The Kier molecular flexibility index (Phi) is 4.29. The monoisotopic (exact) mass is 298 g/mol. The molecule has 0 saturated carbocycles. The van der Waals surface area contributed by atoms with Crippen LogP contribution in [0, 0.1) is 0 Å². The number of primary sulfonamides is 1. The standard InChI is InChI=1S/C13H18N2O4S/c14-20(18,19)11-5-3-7-15(9-11)13(17)8-10-4-1-2-6-12(10)16/h1-2,4,6,11,16H,3,5,7-9H2,(H2,14,18,19). The van der Waals surface area contributed by atoms with Crippen LogP contribution >= 0.6 is 0 Å². The molecular weight excluding hydrogens is 280 g/mol. The number of benzene rings is 1. The van der Waals surface area contributed by atoms with Gasteiger partial charge in [0.25, 0.3) is 0 Å². The highest BCUT2D eigenvalue weighted by Gasteiger charge is 2.30. The number of hydrogen-bond donors (Lipinski definition) is 2. The average molecular weight is 298 g/mol. The Hall–Kier alpha value is -1.60. The number of carbonyl (C=O) groups is 1. The van der Waals surface area contributed by atoms with Crippen molar-refractivity contribution in [2.45, 2.75) is 24.5 Å². The average Bonchev–Trinajstić information content (AvgIpc) is 2.40. The number of aromatic hydroxyl groups is 1. The van der Waals surface area contributed by atoms with E-state index in [4.69, 9.17) is 5.14 Å². The topological polar surface area (TPSA) is 101 Å². The maximum absolute atomic E-state index is 12.2. The Morgan fingerprint density at radius 3 is 2.75 bits per heavy atom. The van der Waals surface area contributed by atoms with Crippen molar-refractivity contribution in [1.29, 1.82) is 0 Å². The lowest BCUT2D eigenvalue weighted by Crippen LogP contribution is -2.47. The lowest BCUT2D eigenvalue weighted by atomic mass is 10.1. The fraction of sp³-hybridized carbons (Fsp3) is 0.462. The van der Waals surface area contributed by atoms with E-state index in [-0.39, 0.29) is 24.6 Å². The second-order valence-corrected chi connectivity index (χ2v) is 6.84. The second kappa shape index (κ2) is 5.80. The van der Waals surface area contributed by atoms with Gasteiger partial charge in [0.05, 0.1) is 11.7 Å². The lowest BCUT2D eigenvalue weighted by molar-refractivity contribution is -0.131. The summed E-state index contributed by atoms with van der Waals surface area (Å²) in [5, 5.41) is 14.1. The van der Waals surface area contributed by atoms with E-state index < -0.39 is 15.3 Å². The number of sulfonamides is 1. The quantitative estimate of drug-likeness (QED) is 0.833. The summed E-state index contributed by atoms with van der Waals surface area (Å²) >= 11 is 0. The number of piperidine rings is 1. The largest absolute Gasteiger partial charge is 0.508 e. The van der Waals surface area contributed by atoms with Gasteiger partial charge in [-0.2, -0.15) is 0 Å². The fourth-order valence-electron chi connectivity index (χ4n) is 2.37. The van der Waals surface area contributed by atoms with E-state index in [0.717, 1.165) is 0 Å². The van der Waals surface area contributed by atoms with E-state index >= 15 is 0 Å². The van der Waals surface area contributed by atoms with E-state index in [1.165, 1.54) is 11.0 Å². The number of para-hydroxylation sites is 1. The number of rotatable bonds is 3. The Labute approximate surface area is 118 Å². The second-order valence-electron chi connectivity index (χ2n) is 5.00. The zero-order valence-electron chi connectivity index (χ0n) is 11.0. The van der Waals surface area contributed by atoms with Gasteiger partial charge < -0.3 is 10.0 Å². The maximum atomic E-state index is 12.2. The van der Waals surface area contributed by atoms with Crippen molar-refractivity contribution < 1.29 is 18.3 Å². The van der Waals surface area contributed by atoms with Crippen LogP contribution in [0.3, 0.4) is 0 Å². The Morgan fingerprint density at radius 2 is 2.10 bits per heavy atom. The molecule has 20 heavy (non-hydrogen) atoms. The number of phenols is 1. The molecule has 1 aliphatic rings. The normalized spacial score (nSPS) is 19.9. The minimum Gasteiger partial charge on any atom is -0.508 e. The van der Waals surface area contributed by atoms with Crippen molar-refractivity contribution in [2.75, 3.05) is 13.1 Å². The van der Waals surface area contributed by atoms with E-state index in [2.05, 4.69) is 0 Å². The number of likely N-dealkylation sites (tertiary alicyclic amines) is 1. The smallest absolute Gasteiger partial charge is 0.227 e. The highest BCUT2D eigenvalue weighted by Crippen LogP contribution is 2.20. The zero-order valence-corrected chi connectivity index (χ0v) is 11.8. The number of nitrogens with two attached hydrogens (primary N) is 1. The Morgan fingerprint density at radius 1 is 1.40 bits per heavy atom. The third-order valence-corrected chi connectivity index (χ3v) is 4.84. The summed E-state index contributed by atoms with van der Waals surface area (Å²) in [5.74, 6) is -0.124. The summed E-state index contributed by atoms with van der Waals surface area (Å²) in [5.41, 5.74) is 0.537. The molecule has 1 aromatic rings. The summed E-state index contributed by atoms with van der Waals surface area (Å²) in [4.78, 5) is 13.7. The lowest BCUT2D eigenvalue weighted by Gasteiger charge is -2.31. The van der Waals surface area contributed by atoms with Gasteiger partial charge in [-0.25, -0.2) is 13.6 Å². The first-order valence-electron chi connectivity index (χ1n) is 6.44. The molecule has 1 unspecified atom stereocenters. The van der Waals surface area contributed by atoms with Crippen LogP contribution in [-0.4, -0.2) is 42.7 Å². The molecule has 6 nitrogen and oxygen atoms in total. The molecule has 110 valence electrons. The van der Waals surface area contributed by atoms with Crippen LogP contribution in [0.1, 0.15) is 18.4 Å². The van der Waals surface area contributed by atoms with Gasteiger partial charge in [-0.05, 0) is 18.9 Å². The maximum Gasteiger partial charge on any atom is 0.227 e. The number of phenolic OH excluding ortho intramolecular Hbond substituents is 1. The highest BCUT2D eigenvalue weighted by molar-refractivity contribution is 7.89. The summed E-state index contributed by atoms with van der Waals surface area (Å²) in [6.45, 7) is 0.656. The van der Waals surface area contributed by atoms with Crippen LogP contribution in [0.15, 0.2) is 24.3 Å². The molecular formula is C13H18N2O4S. The first-order valence-corrected chi connectivity index (χ1v) is 8.05.